The third-order valence-electron chi connectivity index (χ3n) is 2.82. The van der Waals surface area contributed by atoms with Gasteiger partial charge in [-0.15, -0.1) is 0 Å². The SMILES string of the molecule is CC1(C)C(CNP)[C@H]1CO. The van der Waals surface area contributed by atoms with Gasteiger partial charge in [0.05, 0.1) is 0 Å². The van der Waals surface area contributed by atoms with Crippen LogP contribution in [0.5, 0.6) is 0 Å². The Bertz CT molecular complexity index is 127. The highest BCUT2D eigenvalue weighted by atomic mass is 31.0. The van der Waals surface area contributed by atoms with Gasteiger partial charge in [0.2, 0.25) is 0 Å². The molecule has 10 heavy (non-hydrogen) atoms. The van der Waals surface area contributed by atoms with E-state index >= 15 is 0 Å². The summed E-state index contributed by atoms with van der Waals surface area (Å²) in [5.74, 6) is 1.18. The Morgan fingerprint density at radius 2 is 2.10 bits per heavy atom. The Labute approximate surface area is 64.7 Å². The molecule has 0 aromatic carbocycles. The minimum absolute atomic E-state index is 0.337. The molecule has 0 radical (unpaired) electrons. The first-order valence-corrected chi connectivity index (χ1v) is 4.26. The summed E-state index contributed by atoms with van der Waals surface area (Å²) in [5, 5.41) is 12.0. The van der Waals surface area contributed by atoms with E-state index in [1.165, 1.54) is 0 Å². The summed E-state index contributed by atoms with van der Waals surface area (Å²) in [6, 6.07) is 0. The average Bonchev–Trinajstić information content (AvgIpc) is 2.36. The lowest BCUT2D eigenvalue weighted by Crippen LogP contribution is -2.06. The quantitative estimate of drug-likeness (QED) is 0.595. The minimum atomic E-state index is 0.337. The molecule has 60 valence electrons. The van der Waals surface area contributed by atoms with Gasteiger partial charge in [0.1, 0.15) is 0 Å². The molecule has 1 aliphatic rings. The summed E-state index contributed by atoms with van der Waals surface area (Å²) in [5.41, 5.74) is 0.359. The van der Waals surface area contributed by atoms with Gasteiger partial charge in [-0.2, -0.15) is 0 Å². The molecule has 3 atom stereocenters. The largest absolute Gasteiger partial charge is 0.396 e. The van der Waals surface area contributed by atoms with Crippen LogP contribution in [0.4, 0.5) is 0 Å². The zero-order chi connectivity index (χ0) is 7.78. The zero-order valence-corrected chi connectivity index (χ0v) is 7.75. The van der Waals surface area contributed by atoms with Crippen molar-refractivity contribution in [3.8, 4) is 0 Å². The summed E-state index contributed by atoms with van der Waals surface area (Å²) < 4.78 is 0. The van der Waals surface area contributed by atoms with Crippen LogP contribution in [0.15, 0.2) is 0 Å². The molecule has 2 nitrogen and oxygen atoms in total. The lowest BCUT2D eigenvalue weighted by Gasteiger charge is -1.99. The summed E-state index contributed by atoms with van der Waals surface area (Å²) in [6.45, 7) is 5.76. The maximum atomic E-state index is 8.90. The lowest BCUT2D eigenvalue weighted by atomic mass is 10.1. The zero-order valence-electron chi connectivity index (χ0n) is 6.59. The standard InChI is InChI=1S/C7H16NOP/c1-7(2)5(3-8-10)6(7)4-9/h5-6,8-9H,3-4,10H2,1-2H3/t5?,6-/m1/s1. The van der Waals surface area contributed by atoms with Crippen LogP contribution in [0, 0.1) is 17.3 Å². The molecular weight excluding hydrogens is 145 g/mol. The number of hydrogen-bond donors (Lipinski definition) is 2. The molecule has 2 N–H and O–H groups in total. The van der Waals surface area contributed by atoms with Crippen LogP contribution in [0.3, 0.4) is 0 Å². The fraction of sp³-hybridized carbons (Fsp3) is 1.00. The van der Waals surface area contributed by atoms with Crippen LogP contribution in [0.25, 0.3) is 0 Å². The number of nitrogens with one attached hydrogen (secondary N) is 1. The van der Waals surface area contributed by atoms with Gasteiger partial charge in [-0.05, 0) is 17.3 Å². The van der Waals surface area contributed by atoms with Crippen LogP contribution < -0.4 is 5.09 Å². The van der Waals surface area contributed by atoms with Crippen molar-refractivity contribution in [1.29, 1.82) is 0 Å². The average molecular weight is 161 g/mol. The second kappa shape index (κ2) is 2.77. The smallest absolute Gasteiger partial charge is 0.0467 e. The fourth-order valence-corrected chi connectivity index (χ4v) is 2.01. The second-order valence-corrected chi connectivity index (χ2v) is 4.03. The van der Waals surface area contributed by atoms with E-state index in [1.54, 1.807) is 0 Å². The second-order valence-electron chi connectivity index (χ2n) is 3.63. The van der Waals surface area contributed by atoms with Gasteiger partial charge in [-0.1, -0.05) is 23.2 Å². The van der Waals surface area contributed by atoms with Crippen molar-refractivity contribution in [3.63, 3.8) is 0 Å². The maximum Gasteiger partial charge on any atom is 0.0467 e. The molecule has 0 spiro atoms. The molecule has 0 saturated heterocycles. The highest BCUT2D eigenvalue weighted by Gasteiger charge is 2.56. The van der Waals surface area contributed by atoms with E-state index in [0.29, 0.717) is 23.9 Å². The Morgan fingerprint density at radius 1 is 1.50 bits per heavy atom. The topological polar surface area (TPSA) is 32.3 Å². The van der Waals surface area contributed by atoms with Crippen molar-refractivity contribution in [3.05, 3.63) is 0 Å². The van der Waals surface area contributed by atoms with Crippen molar-refractivity contribution in [2.24, 2.45) is 17.3 Å². The van der Waals surface area contributed by atoms with E-state index in [-0.39, 0.29) is 0 Å². The summed E-state index contributed by atoms with van der Waals surface area (Å²) in [4.78, 5) is 0. The Kier molecular flexibility index (Phi) is 2.34. The minimum Gasteiger partial charge on any atom is -0.396 e. The molecule has 0 heterocycles. The summed E-state index contributed by atoms with van der Waals surface area (Å²) in [7, 11) is 2.50. The van der Waals surface area contributed by atoms with E-state index in [4.69, 9.17) is 5.11 Å². The van der Waals surface area contributed by atoms with Gasteiger partial charge in [0.15, 0.2) is 0 Å². The Balaban J connectivity index is 2.37. The normalized spacial score (nSPS) is 36.0. The first-order valence-electron chi connectivity index (χ1n) is 3.69. The van der Waals surface area contributed by atoms with Crippen LogP contribution in [0.1, 0.15) is 13.8 Å². The van der Waals surface area contributed by atoms with E-state index in [0.717, 1.165) is 6.54 Å². The third-order valence-corrected chi connectivity index (χ3v) is 3.06. The van der Waals surface area contributed by atoms with Gasteiger partial charge >= 0.3 is 0 Å². The highest BCUT2D eigenvalue weighted by Crippen LogP contribution is 2.57. The number of rotatable bonds is 3. The van der Waals surface area contributed by atoms with Gasteiger partial charge in [0.25, 0.3) is 0 Å². The highest BCUT2D eigenvalue weighted by molar-refractivity contribution is 7.13. The Morgan fingerprint density at radius 3 is 2.40 bits per heavy atom. The molecule has 0 aliphatic heterocycles. The molecule has 2 unspecified atom stereocenters. The molecule has 0 amide bonds. The van der Waals surface area contributed by atoms with Crippen molar-refractivity contribution in [2.75, 3.05) is 13.2 Å². The van der Waals surface area contributed by atoms with Crippen molar-refractivity contribution < 1.29 is 5.11 Å². The van der Waals surface area contributed by atoms with Crippen LogP contribution in [-0.4, -0.2) is 18.3 Å². The number of aliphatic hydroxyl groups is 1. The predicted molar refractivity (Wildman–Crippen MR) is 45.6 cm³/mol. The van der Waals surface area contributed by atoms with Crippen LogP contribution >= 0.6 is 9.39 Å². The number of aliphatic hydroxyl groups excluding tert-OH is 1. The van der Waals surface area contributed by atoms with Gasteiger partial charge in [-0.25, -0.2) is 0 Å². The van der Waals surface area contributed by atoms with E-state index < -0.39 is 0 Å². The van der Waals surface area contributed by atoms with E-state index in [9.17, 15) is 0 Å². The molecule has 1 rings (SSSR count). The maximum absolute atomic E-state index is 8.90. The van der Waals surface area contributed by atoms with Gasteiger partial charge in [-0.3, -0.25) is 0 Å². The predicted octanol–water partition coefficient (Wildman–Crippen LogP) is 0.631. The number of hydrogen-bond acceptors (Lipinski definition) is 2. The molecule has 1 fully saturated rings. The first-order chi connectivity index (χ1) is 4.64. The first kappa shape index (κ1) is 8.45. The summed E-state index contributed by atoms with van der Waals surface area (Å²) in [6.07, 6.45) is 0. The monoisotopic (exact) mass is 161 g/mol. The van der Waals surface area contributed by atoms with Gasteiger partial charge < -0.3 is 10.2 Å². The van der Waals surface area contributed by atoms with E-state index in [2.05, 4.69) is 28.3 Å². The lowest BCUT2D eigenvalue weighted by molar-refractivity contribution is 0.255. The molecule has 1 saturated carbocycles. The molecule has 0 aromatic heterocycles. The third kappa shape index (κ3) is 1.20. The Hall–Kier alpha value is 0.350. The van der Waals surface area contributed by atoms with Crippen molar-refractivity contribution >= 4 is 9.39 Å². The van der Waals surface area contributed by atoms with Crippen LogP contribution in [-0.2, 0) is 0 Å². The molecule has 0 aromatic rings. The fourth-order valence-electron chi connectivity index (χ4n) is 1.75. The molecule has 0 bridgehead atoms. The van der Waals surface area contributed by atoms with Crippen molar-refractivity contribution in [1.82, 2.24) is 5.09 Å². The van der Waals surface area contributed by atoms with Crippen molar-refractivity contribution in [2.45, 2.75) is 13.8 Å². The van der Waals surface area contributed by atoms with Gasteiger partial charge in [0, 0.05) is 13.2 Å². The summed E-state index contributed by atoms with van der Waals surface area (Å²) >= 11 is 0. The molecule has 3 heteroatoms. The van der Waals surface area contributed by atoms with E-state index in [1.807, 2.05) is 0 Å². The van der Waals surface area contributed by atoms with Crippen LogP contribution in [0.2, 0.25) is 0 Å². The molecular formula is C7H16NOP. The molecule has 1 aliphatic carbocycles.